The highest BCUT2D eigenvalue weighted by Gasteiger charge is 2.19. The van der Waals surface area contributed by atoms with Crippen molar-refractivity contribution in [2.45, 2.75) is 19.8 Å². The minimum Gasteiger partial charge on any atom is -0.393 e. The molecule has 2 rings (SSSR count). The third-order valence-corrected chi connectivity index (χ3v) is 3.66. The molecule has 110 valence electrons. The van der Waals surface area contributed by atoms with Crippen LogP contribution in [0.15, 0.2) is 18.2 Å². The number of hydrogen-bond acceptors (Lipinski definition) is 5. The van der Waals surface area contributed by atoms with Crippen LogP contribution in [0.2, 0.25) is 0 Å². The Balaban J connectivity index is 1.93. The lowest BCUT2D eigenvalue weighted by atomic mass is 10.1. The van der Waals surface area contributed by atoms with Crippen LogP contribution >= 0.6 is 0 Å². The van der Waals surface area contributed by atoms with Crippen LogP contribution in [0.4, 0.5) is 17.1 Å². The van der Waals surface area contributed by atoms with E-state index in [4.69, 9.17) is 5.73 Å². The van der Waals surface area contributed by atoms with Crippen LogP contribution in [0.25, 0.3) is 0 Å². The predicted octanol–water partition coefficient (Wildman–Crippen LogP) is 2.32. The predicted molar refractivity (Wildman–Crippen MR) is 80.8 cm³/mol. The largest absolute Gasteiger partial charge is 0.393 e. The Labute approximate surface area is 119 Å². The number of nitrogens with one attached hydrogen (secondary N) is 1. The van der Waals surface area contributed by atoms with Crippen LogP contribution in [-0.2, 0) is 0 Å². The molecule has 1 aliphatic heterocycles. The second kappa shape index (κ2) is 6.56. The minimum absolute atomic E-state index is 0.0270. The smallest absolute Gasteiger partial charge is 0.314 e. The van der Waals surface area contributed by atoms with Crippen molar-refractivity contribution in [2.75, 3.05) is 37.2 Å². The number of benzene rings is 1. The zero-order valence-electron chi connectivity index (χ0n) is 11.8. The fourth-order valence-electron chi connectivity index (χ4n) is 2.66. The molecule has 0 spiro atoms. The zero-order chi connectivity index (χ0) is 14.5. The van der Waals surface area contributed by atoms with Crippen molar-refractivity contribution in [2.24, 2.45) is 5.92 Å². The van der Waals surface area contributed by atoms with Crippen molar-refractivity contribution in [3.63, 3.8) is 0 Å². The third-order valence-electron chi connectivity index (χ3n) is 3.66. The molecule has 3 N–H and O–H groups in total. The molecule has 0 amide bonds. The van der Waals surface area contributed by atoms with Gasteiger partial charge >= 0.3 is 5.69 Å². The van der Waals surface area contributed by atoms with Crippen LogP contribution in [0.5, 0.6) is 0 Å². The van der Waals surface area contributed by atoms with Gasteiger partial charge in [-0.25, -0.2) is 0 Å². The molecule has 0 bridgehead atoms. The fourth-order valence-corrected chi connectivity index (χ4v) is 2.66. The first-order valence-corrected chi connectivity index (χ1v) is 7.07. The normalized spacial score (nSPS) is 17.1. The van der Waals surface area contributed by atoms with Crippen LogP contribution in [0, 0.1) is 16.0 Å². The Kier molecular flexibility index (Phi) is 4.79. The van der Waals surface area contributed by atoms with Gasteiger partial charge in [0.2, 0.25) is 0 Å². The summed E-state index contributed by atoms with van der Waals surface area (Å²) in [5.41, 5.74) is 6.35. The molecule has 1 unspecified atom stereocenters. The van der Waals surface area contributed by atoms with Gasteiger partial charge in [-0.2, -0.15) is 0 Å². The van der Waals surface area contributed by atoms with E-state index < -0.39 is 4.92 Å². The number of nitro groups is 1. The van der Waals surface area contributed by atoms with Crippen molar-refractivity contribution in [3.05, 3.63) is 28.3 Å². The monoisotopic (exact) mass is 278 g/mol. The van der Waals surface area contributed by atoms with Crippen LogP contribution in [0.1, 0.15) is 19.8 Å². The van der Waals surface area contributed by atoms with Gasteiger partial charge in [0.15, 0.2) is 0 Å². The molecule has 1 atom stereocenters. The van der Waals surface area contributed by atoms with Crippen LogP contribution in [0.3, 0.4) is 0 Å². The minimum atomic E-state index is -0.428. The Morgan fingerprint density at radius 3 is 2.80 bits per heavy atom. The van der Waals surface area contributed by atoms with Crippen molar-refractivity contribution < 1.29 is 4.92 Å². The maximum atomic E-state index is 11.0. The van der Waals surface area contributed by atoms with Gasteiger partial charge in [0.25, 0.3) is 0 Å². The highest BCUT2D eigenvalue weighted by Crippen LogP contribution is 2.30. The van der Waals surface area contributed by atoms with Gasteiger partial charge in [-0.1, -0.05) is 13.0 Å². The summed E-state index contributed by atoms with van der Waals surface area (Å²) in [5.74, 6) is 0.439. The Morgan fingerprint density at radius 2 is 2.15 bits per heavy atom. The van der Waals surface area contributed by atoms with Gasteiger partial charge in [-0.3, -0.25) is 10.1 Å². The average molecular weight is 278 g/mol. The molecule has 0 saturated carbocycles. The summed E-state index contributed by atoms with van der Waals surface area (Å²) in [7, 11) is 0. The molecule has 1 heterocycles. The van der Waals surface area contributed by atoms with E-state index in [1.165, 1.54) is 25.9 Å². The van der Waals surface area contributed by atoms with Crippen LogP contribution < -0.4 is 11.1 Å². The van der Waals surface area contributed by atoms with Gasteiger partial charge in [-0.05, 0) is 44.0 Å². The summed E-state index contributed by atoms with van der Waals surface area (Å²) in [6.45, 7) is 6.24. The van der Waals surface area contributed by atoms with Crippen molar-refractivity contribution in [3.8, 4) is 0 Å². The molecular formula is C14H22N4O2. The first kappa shape index (κ1) is 14.6. The molecule has 0 aliphatic carbocycles. The van der Waals surface area contributed by atoms with Gasteiger partial charge in [0.05, 0.1) is 4.92 Å². The Morgan fingerprint density at radius 1 is 1.45 bits per heavy atom. The summed E-state index contributed by atoms with van der Waals surface area (Å²) < 4.78 is 0. The quantitative estimate of drug-likeness (QED) is 0.474. The van der Waals surface area contributed by atoms with E-state index in [1.807, 2.05) is 0 Å². The van der Waals surface area contributed by atoms with Gasteiger partial charge < -0.3 is 16.0 Å². The number of anilines is 2. The van der Waals surface area contributed by atoms with Gasteiger partial charge in [-0.15, -0.1) is 0 Å². The highest BCUT2D eigenvalue weighted by molar-refractivity contribution is 5.74. The molecule has 1 aromatic carbocycles. The van der Waals surface area contributed by atoms with E-state index in [1.54, 1.807) is 18.2 Å². The number of nitro benzene ring substituents is 1. The van der Waals surface area contributed by atoms with Crippen molar-refractivity contribution >= 4 is 17.1 Å². The lowest BCUT2D eigenvalue weighted by Crippen LogP contribution is -2.29. The molecular weight excluding hydrogens is 256 g/mol. The lowest BCUT2D eigenvalue weighted by molar-refractivity contribution is -0.383. The summed E-state index contributed by atoms with van der Waals surface area (Å²) in [6.07, 6.45) is 2.56. The average Bonchev–Trinajstić information content (AvgIpc) is 2.88. The molecule has 0 aromatic heterocycles. The Bertz CT molecular complexity index is 472. The number of nitrogens with two attached hydrogens (primary N) is 1. The SMILES string of the molecule is CC(CNc1cccc(N)c1[N+](=O)[O-])CN1CCCC1. The molecule has 1 saturated heterocycles. The molecule has 6 heteroatoms. The highest BCUT2D eigenvalue weighted by atomic mass is 16.6. The van der Waals surface area contributed by atoms with Gasteiger partial charge in [0, 0.05) is 13.1 Å². The number of likely N-dealkylation sites (tertiary alicyclic amines) is 1. The first-order valence-electron chi connectivity index (χ1n) is 7.07. The standard InChI is InChI=1S/C14H22N4O2/c1-11(10-17-7-2-3-8-17)9-16-13-6-4-5-12(15)14(13)18(19)20/h4-6,11,16H,2-3,7-10,15H2,1H3. The number of nitrogens with zero attached hydrogens (tertiary/aromatic N) is 2. The number of para-hydroxylation sites is 1. The first-order chi connectivity index (χ1) is 9.58. The Hall–Kier alpha value is -1.82. The second-order valence-corrected chi connectivity index (χ2v) is 5.49. The summed E-state index contributed by atoms with van der Waals surface area (Å²) in [6, 6.07) is 4.99. The molecule has 20 heavy (non-hydrogen) atoms. The molecule has 1 aromatic rings. The molecule has 1 fully saturated rings. The fraction of sp³-hybridized carbons (Fsp3) is 0.571. The van der Waals surface area contributed by atoms with E-state index in [0.717, 1.165) is 6.54 Å². The topological polar surface area (TPSA) is 84.4 Å². The van der Waals surface area contributed by atoms with E-state index in [2.05, 4.69) is 17.1 Å². The molecule has 1 aliphatic rings. The van der Waals surface area contributed by atoms with Gasteiger partial charge in [0.1, 0.15) is 11.4 Å². The number of hydrogen-bond donors (Lipinski definition) is 2. The summed E-state index contributed by atoms with van der Waals surface area (Å²) in [5, 5.41) is 14.2. The van der Waals surface area contributed by atoms with E-state index in [-0.39, 0.29) is 11.4 Å². The number of rotatable bonds is 6. The van der Waals surface area contributed by atoms with Crippen molar-refractivity contribution in [1.29, 1.82) is 0 Å². The van der Waals surface area contributed by atoms with E-state index in [9.17, 15) is 10.1 Å². The maximum absolute atomic E-state index is 11.0. The van der Waals surface area contributed by atoms with E-state index >= 15 is 0 Å². The summed E-state index contributed by atoms with van der Waals surface area (Å²) >= 11 is 0. The van der Waals surface area contributed by atoms with Crippen molar-refractivity contribution in [1.82, 2.24) is 4.90 Å². The second-order valence-electron chi connectivity index (χ2n) is 5.49. The van der Waals surface area contributed by atoms with E-state index in [0.29, 0.717) is 18.2 Å². The third kappa shape index (κ3) is 3.60. The lowest BCUT2D eigenvalue weighted by Gasteiger charge is -2.20. The molecule has 0 radical (unpaired) electrons. The maximum Gasteiger partial charge on any atom is 0.314 e. The van der Waals surface area contributed by atoms with Crippen LogP contribution in [-0.4, -0.2) is 36.0 Å². The molecule has 6 nitrogen and oxygen atoms in total. The zero-order valence-corrected chi connectivity index (χ0v) is 11.8. The number of nitrogen functional groups attached to an aromatic ring is 1. The summed E-state index contributed by atoms with van der Waals surface area (Å²) in [4.78, 5) is 13.1.